The molecule has 0 aromatic rings. The summed E-state index contributed by atoms with van der Waals surface area (Å²) < 4.78 is 41.7. The molecular formula is C17H26F3N3O3. The van der Waals surface area contributed by atoms with E-state index < -0.39 is 36.8 Å². The van der Waals surface area contributed by atoms with E-state index in [0.29, 0.717) is 19.4 Å². The van der Waals surface area contributed by atoms with Crippen LogP contribution in [0.25, 0.3) is 0 Å². The predicted octanol–water partition coefficient (Wildman–Crippen LogP) is 4.51. The van der Waals surface area contributed by atoms with Gasteiger partial charge in [-0.05, 0) is 40.5 Å². The predicted molar refractivity (Wildman–Crippen MR) is 89.7 cm³/mol. The highest BCUT2D eigenvalue weighted by atomic mass is 19.4. The van der Waals surface area contributed by atoms with Gasteiger partial charge < -0.3 is 9.64 Å². The van der Waals surface area contributed by atoms with Gasteiger partial charge in [-0.25, -0.2) is 4.79 Å². The lowest BCUT2D eigenvalue weighted by molar-refractivity contribution is -0.132. The first-order valence-electron chi connectivity index (χ1n) is 8.55. The fourth-order valence-electron chi connectivity index (χ4n) is 2.44. The Hall–Kier alpha value is -1.93. The zero-order valence-electron chi connectivity index (χ0n) is 15.6. The fraction of sp³-hybridized carbons (Fsp3) is 0.765. The number of carbonyl (C=O) groups is 2. The summed E-state index contributed by atoms with van der Waals surface area (Å²) in [5, 5.41) is 7.11. The van der Waals surface area contributed by atoms with Crippen LogP contribution in [0.4, 0.5) is 18.0 Å². The number of carbonyl (C=O) groups excluding carboxylic acids is 2. The van der Waals surface area contributed by atoms with Crippen molar-refractivity contribution in [3.8, 4) is 0 Å². The van der Waals surface area contributed by atoms with Crippen LogP contribution in [0.15, 0.2) is 22.0 Å². The first-order valence-corrected chi connectivity index (χ1v) is 8.55. The van der Waals surface area contributed by atoms with E-state index in [9.17, 15) is 22.8 Å². The molecule has 0 N–H and O–H groups in total. The Kier molecular flexibility index (Phi) is 7.77. The number of halogens is 3. The standard InChI is InChI=1S/C17H26F3N3O3/c1-5-13(22-21-9-8-17(18,19)20)14(24)12-7-6-10-23(11-12)15(25)26-16(2,3)4/h5,12H,6-11H2,1-4H3/b13-5+,22-21-. The molecular weight excluding hydrogens is 351 g/mol. The van der Waals surface area contributed by atoms with Crippen LogP contribution >= 0.6 is 0 Å². The Morgan fingerprint density at radius 1 is 1.27 bits per heavy atom. The number of allylic oxidation sites excluding steroid dienone is 2. The first-order chi connectivity index (χ1) is 11.9. The molecule has 148 valence electrons. The van der Waals surface area contributed by atoms with Crippen LogP contribution in [0.3, 0.4) is 0 Å². The monoisotopic (exact) mass is 377 g/mol. The fourth-order valence-corrected chi connectivity index (χ4v) is 2.44. The van der Waals surface area contributed by atoms with Gasteiger partial charge in [-0.15, -0.1) is 0 Å². The van der Waals surface area contributed by atoms with E-state index in [1.54, 1.807) is 27.7 Å². The molecule has 1 aliphatic heterocycles. The molecule has 0 aromatic carbocycles. The number of ether oxygens (including phenoxy) is 1. The van der Waals surface area contributed by atoms with E-state index in [1.807, 2.05) is 0 Å². The molecule has 0 bridgehead atoms. The van der Waals surface area contributed by atoms with Crippen molar-refractivity contribution in [2.75, 3.05) is 19.6 Å². The maximum Gasteiger partial charge on any atom is 0.410 e. The van der Waals surface area contributed by atoms with Crippen molar-refractivity contribution in [2.45, 2.75) is 58.7 Å². The summed E-state index contributed by atoms with van der Waals surface area (Å²) in [4.78, 5) is 26.2. The molecule has 1 atom stereocenters. The third kappa shape index (κ3) is 7.97. The van der Waals surface area contributed by atoms with Crippen molar-refractivity contribution in [1.82, 2.24) is 4.90 Å². The molecule has 1 fully saturated rings. The van der Waals surface area contributed by atoms with Crippen LogP contribution in [-0.2, 0) is 9.53 Å². The van der Waals surface area contributed by atoms with Crippen molar-refractivity contribution in [3.05, 3.63) is 11.8 Å². The number of hydrogen-bond acceptors (Lipinski definition) is 5. The largest absolute Gasteiger partial charge is 0.444 e. The molecule has 9 heteroatoms. The first kappa shape index (κ1) is 22.1. The summed E-state index contributed by atoms with van der Waals surface area (Å²) >= 11 is 0. The minimum absolute atomic E-state index is 0.0169. The van der Waals surface area contributed by atoms with E-state index in [-0.39, 0.29) is 18.0 Å². The lowest BCUT2D eigenvalue weighted by Crippen LogP contribution is -2.44. The van der Waals surface area contributed by atoms with Gasteiger partial charge in [0.1, 0.15) is 11.3 Å². The Labute approximate surface area is 151 Å². The van der Waals surface area contributed by atoms with Crippen LogP contribution in [-0.4, -0.2) is 48.2 Å². The van der Waals surface area contributed by atoms with Gasteiger partial charge in [0.05, 0.1) is 13.0 Å². The Morgan fingerprint density at radius 3 is 2.46 bits per heavy atom. The van der Waals surface area contributed by atoms with Gasteiger partial charge in [-0.3, -0.25) is 4.79 Å². The van der Waals surface area contributed by atoms with Crippen LogP contribution in [0, 0.1) is 5.92 Å². The van der Waals surface area contributed by atoms with Crippen molar-refractivity contribution >= 4 is 11.9 Å². The summed E-state index contributed by atoms with van der Waals surface area (Å²) in [5.41, 5.74) is -0.613. The van der Waals surface area contributed by atoms with Crippen LogP contribution in [0.1, 0.15) is 47.0 Å². The minimum Gasteiger partial charge on any atom is -0.444 e. The van der Waals surface area contributed by atoms with Gasteiger partial charge in [-0.1, -0.05) is 6.08 Å². The molecule has 1 saturated heterocycles. The third-order valence-electron chi connectivity index (χ3n) is 3.64. The zero-order chi connectivity index (χ0) is 20.0. The van der Waals surface area contributed by atoms with Gasteiger partial charge in [0.15, 0.2) is 5.78 Å². The van der Waals surface area contributed by atoms with Crippen molar-refractivity contribution in [2.24, 2.45) is 16.1 Å². The van der Waals surface area contributed by atoms with E-state index in [2.05, 4.69) is 10.2 Å². The molecule has 26 heavy (non-hydrogen) atoms. The number of alkyl halides is 3. The molecule has 1 aliphatic rings. The highest BCUT2D eigenvalue weighted by Crippen LogP contribution is 2.23. The maximum atomic E-state index is 12.6. The number of likely N-dealkylation sites (tertiary alicyclic amines) is 1. The number of amides is 1. The highest BCUT2D eigenvalue weighted by Gasteiger charge is 2.32. The summed E-state index contributed by atoms with van der Waals surface area (Å²) in [7, 11) is 0. The second-order valence-electron chi connectivity index (χ2n) is 7.13. The zero-order valence-corrected chi connectivity index (χ0v) is 15.6. The second kappa shape index (κ2) is 9.14. The molecule has 1 amide bonds. The maximum absolute atomic E-state index is 12.6. The average molecular weight is 377 g/mol. The molecule has 1 rings (SSSR count). The van der Waals surface area contributed by atoms with E-state index in [4.69, 9.17) is 4.74 Å². The normalized spacial score (nSPS) is 19.7. The summed E-state index contributed by atoms with van der Waals surface area (Å²) in [6.45, 7) is 7.03. The highest BCUT2D eigenvalue weighted by molar-refractivity contribution is 5.97. The van der Waals surface area contributed by atoms with Gasteiger partial charge >= 0.3 is 12.3 Å². The lowest BCUT2D eigenvalue weighted by Gasteiger charge is -2.33. The topological polar surface area (TPSA) is 71.3 Å². The summed E-state index contributed by atoms with van der Waals surface area (Å²) in [5.74, 6) is -0.791. The van der Waals surface area contributed by atoms with E-state index in [1.165, 1.54) is 11.0 Å². The Balaban J connectivity index is 2.66. The van der Waals surface area contributed by atoms with Gasteiger partial charge in [0, 0.05) is 19.0 Å². The van der Waals surface area contributed by atoms with Gasteiger partial charge in [0.25, 0.3) is 0 Å². The third-order valence-corrected chi connectivity index (χ3v) is 3.64. The Morgan fingerprint density at radius 2 is 1.92 bits per heavy atom. The number of rotatable bonds is 5. The molecule has 1 heterocycles. The molecule has 6 nitrogen and oxygen atoms in total. The summed E-state index contributed by atoms with van der Waals surface area (Å²) in [6, 6.07) is 0. The van der Waals surface area contributed by atoms with E-state index >= 15 is 0 Å². The van der Waals surface area contributed by atoms with E-state index in [0.717, 1.165) is 0 Å². The Bertz CT molecular complexity index is 566. The van der Waals surface area contributed by atoms with Crippen molar-refractivity contribution < 1.29 is 27.5 Å². The summed E-state index contributed by atoms with van der Waals surface area (Å²) in [6.07, 6.45) is -3.24. The number of Topliss-reactive ketones (excluding diaryl/α,β-unsaturated/α-hetero) is 1. The molecule has 0 aromatic heterocycles. The molecule has 0 aliphatic carbocycles. The average Bonchev–Trinajstić information content (AvgIpc) is 2.52. The number of piperidine rings is 1. The van der Waals surface area contributed by atoms with Crippen LogP contribution in [0.2, 0.25) is 0 Å². The SMILES string of the molecule is C/C=C(/N=N\CCC(F)(F)F)C(=O)C1CCCN(C(=O)OC(C)(C)C)C1. The number of hydrogen-bond donors (Lipinski definition) is 0. The second-order valence-corrected chi connectivity index (χ2v) is 7.13. The van der Waals surface area contributed by atoms with Crippen molar-refractivity contribution in [1.29, 1.82) is 0 Å². The smallest absolute Gasteiger partial charge is 0.410 e. The van der Waals surface area contributed by atoms with Crippen molar-refractivity contribution in [3.63, 3.8) is 0 Å². The number of azo groups is 1. The molecule has 0 saturated carbocycles. The molecule has 0 radical (unpaired) electrons. The minimum atomic E-state index is -4.31. The van der Waals surface area contributed by atoms with Gasteiger partial charge in [-0.2, -0.15) is 23.4 Å². The molecule has 0 spiro atoms. The van der Waals surface area contributed by atoms with Crippen LogP contribution < -0.4 is 0 Å². The van der Waals surface area contributed by atoms with Crippen LogP contribution in [0.5, 0.6) is 0 Å². The quantitative estimate of drug-likeness (QED) is 0.523. The lowest BCUT2D eigenvalue weighted by atomic mass is 9.92. The van der Waals surface area contributed by atoms with Gasteiger partial charge in [0.2, 0.25) is 0 Å². The number of nitrogens with zero attached hydrogens (tertiary/aromatic N) is 3. The molecule has 1 unspecified atom stereocenters. The number of ketones is 1.